The molecule has 8 nitrogen and oxygen atoms in total. The molecule has 0 saturated carbocycles. The molecule has 0 bridgehead atoms. The predicted molar refractivity (Wildman–Crippen MR) is 111 cm³/mol. The summed E-state index contributed by atoms with van der Waals surface area (Å²) in [5, 5.41) is 0.528. The molecule has 0 radical (unpaired) electrons. The van der Waals surface area contributed by atoms with E-state index in [-0.39, 0.29) is 24.1 Å². The fourth-order valence-corrected chi connectivity index (χ4v) is 4.17. The van der Waals surface area contributed by atoms with Crippen LogP contribution in [0.2, 0.25) is 5.02 Å². The van der Waals surface area contributed by atoms with E-state index in [9.17, 15) is 9.59 Å². The van der Waals surface area contributed by atoms with Gasteiger partial charge in [0.25, 0.3) is 0 Å². The average molecular weight is 416 g/mol. The van der Waals surface area contributed by atoms with E-state index >= 15 is 0 Å². The van der Waals surface area contributed by atoms with Crippen molar-refractivity contribution < 1.29 is 9.53 Å². The predicted octanol–water partition coefficient (Wildman–Crippen LogP) is 2.38. The molecule has 29 heavy (non-hydrogen) atoms. The van der Waals surface area contributed by atoms with Crippen LogP contribution in [-0.2, 0) is 11.2 Å². The molecule has 0 unspecified atom stereocenters. The lowest BCUT2D eigenvalue weighted by Gasteiger charge is -2.33. The molecular weight excluding hydrogens is 394 g/mol. The SMILES string of the molecule is COc1cc(Cl)cc(CC(=O)N2CCC[C@H](n3c(=O)[nH]c4cnc(N)cc43)C2)c1. The van der Waals surface area contributed by atoms with Crippen molar-refractivity contribution in [3.63, 3.8) is 0 Å². The highest BCUT2D eigenvalue weighted by molar-refractivity contribution is 6.30. The van der Waals surface area contributed by atoms with Crippen LogP contribution in [0.1, 0.15) is 24.4 Å². The Morgan fingerprint density at radius 2 is 2.21 bits per heavy atom. The van der Waals surface area contributed by atoms with E-state index in [1.165, 1.54) is 0 Å². The third-order valence-electron chi connectivity index (χ3n) is 5.26. The molecule has 9 heteroatoms. The van der Waals surface area contributed by atoms with Gasteiger partial charge in [-0.15, -0.1) is 0 Å². The van der Waals surface area contributed by atoms with Crippen LogP contribution in [0.15, 0.2) is 35.3 Å². The number of fused-ring (bicyclic) bond motifs is 1. The largest absolute Gasteiger partial charge is 0.497 e. The van der Waals surface area contributed by atoms with Crippen LogP contribution >= 0.6 is 11.6 Å². The van der Waals surface area contributed by atoms with Crippen LogP contribution in [0, 0.1) is 0 Å². The first-order valence-electron chi connectivity index (χ1n) is 9.41. The third-order valence-corrected chi connectivity index (χ3v) is 5.48. The highest BCUT2D eigenvalue weighted by Gasteiger charge is 2.27. The average Bonchev–Trinajstić information content (AvgIpc) is 3.02. The number of nitrogens with zero attached hydrogens (tertiary/aromatic N) is 3. The summed E-state index contributed by atoms with van der Waals surface area (Å²) in [6.07, 6.45) is 3.41. The Kier molecular flexibility index (Phi) is 5.19. The van der Waals surface area contributed by atoms with Crippen molar-refractivity contribution in [1.82, 2.24) is 19.4 Å². The quantitative estimate of drug-likeness (QED) is 0.680. The number of anilines is 1. The third kappa shape index (κ3) is 3.93. The van der Waals surface area contributed by atoms with E-state index < -0.39 is 0 Å². The molecule has 2 aromatic heterocycles. The number of nitrogen functional groups attached to an aromatic ring is 1. The molecule has 1 atom stereocenters. The lowest BCUT2D eigenvalue weighted by atomic mass is 10.0. The van der Waals surface area contributed by atoms with Crippen LogP contribution in [0.4, 0.5) is 5.82 Å². The van der Waals surface area contributed by atoms with Gasteiger partial charge in [-0.05, 0) is 36.6 Å². The van der Waals surface area contributed by atoms with Gasteiger partial charge in [0.2, 0.25) is 5.91 Å². The number of likely N-dealkylation sites (tertiary alicyclic amines) is 1. The second-order valence-electron chi connectivity index (χ2n) is 7.24. The lowest BCUT2D eigenvalue weighted by Crippen LogP contribution is -2.43. The lowest BCUT2D eigenvalue weighted by molar-refractivity contribution is -0.132. The molecule has 3 N–H and O–H groups in total. The van der Waals surface area contributed by atoms with Gasteiger partial charge in [0.05, 0.1) is 36.8 Å². The highest BCUT2D eigenvalue weighted by atomic mass is 35.5. The van der Waals surface area contributed by atoms with E-state index in [1.807, 2.05) is 6.07 Å². The number of benzene rings is 1. The second kappa shape index (κ2) is 7.79. The van der Waals surface area contributed by atoms with Crippen molar-refractivity contribution in [3.8, 4) is 5.75 Å². The summed E-state index contributed by atoms with van der Waals surface area (Å²) in [4.78, 5) is 34.1. The number of methoxy groups -OCH3 is 1. The van der Waals surface area contributed by atoms with Crippen LogP contribution in [0.25, 0.3) is 11.0 Å². The van der Waals surface area contributed by atoms with Gasteiger partial charge in [-0.1, -0.05) is 11.6 Å². The molecule has 1 amide bonds. The van der Waals surface area contributed by atoms with Gasteiger partial charge in [-0.2, -0.15) is 0 Å². The van der Waals surface area contributed by atoms with Gasteiger partial charge in [-0.3, -0.25) is 9.36 Å². The van der Waals surface area contributed by atoms with Crippen LogP contribution in [0.5, 0.6) is 5.75 Å². The number of nitrogens with two attached hydrogens (primary N) is 1. The number of rotatable bonds is 4. The maximum absolute atomic E-state index is 12.9. The number of halogens is 1. The minimum atomic E-state index is -0.216. The van der Waals surface area contributed by atoms with Gasteiger partial charge in [0, 0.05) is 24.2 Å². The summed E-state index contributed by atoms with van der Waals surface area (Å²) in [7, 11) is 1.56. The monoisotopic (exact) mass is 415 g/mol. The molecule has 1 aromatic carbocycles. The van der Waals surface area contributed by atoms with Crippen molar-refractivity contribution in [1.29, 1.82) is 0 Å². The summed E-state index contributed by atoms with van der Waals surface area (Å²) in [6, 6.07) is 6.85. The van der Waals surface area contributed by atoms with Gasteiger partial charge in [-0.25, -0.2) is 9.78 Å². The number of H-pyrrole nitrogens is 1. The van der Waals surface area contributed by atoms with E-state index in [0.717, 1.165) is 18.4 Å². The number of imidazole rings is 1. The number of piperidine rings is 1. The topological polar surface area (TPSA) is 106 Å². The molecule has 3 aromatic rings. The summed E-state index contributed by atoms with van der Waals surface area (Å²) >= 11 is 6.11. The number of nitrogens with one attached hydrogen (secondary N) is 1. The summed E-state index contributed by atoms with van der Waals surface area (Å²) in [5.74, 6) is 0.963. The number of pyridine rings is 1. The number of amides is 1. The number of aromatic amines is 1. The highest BCUT2D eigenvalue weighted by Crippen LogP contribution is 2.26. The number of carbonyl (C=O) groups is 1. The molecule has 1 fully saturated rings. The van der Waals surface area contributed by atoms with Gasteiger partial charge < -0.3 is 20.4 Å². The molecule has 4 rings (SSSR count). The Morgan fingerprint density at radius 1 is 1.38 bits per heavy atom. The smallest absolute Gasteiger partial charge is 0.326 e. The van der Waals surface area contributed by atoms with E-state index in [0.29, 0.717) is 40.7 Å². The standard InChI is InChI=1S/C20H22ClN5O3/c1-29-15-6-12(5-13(21)8-15)7-19(27)25-4-2-3-14(11-25)26-17-9-18(22)23-10-16(17)24-20(26)28/h5-6,8-10,14H,2-4,7,11H2,1H3,(H2,22,23)(H,24,28)/t14-/m0/s1. The Bertz CT molecular complexity index is 1120. The maximum Gasteiger partial charge on any atom is 0.326 e. The van der Waals surface area contributed by atoms with Crippen LogP contribution < -0.4 is 16.2 Å². The number of hydrogen-bond donors (Lipinski definition) is 2. The minimum Gasteiger partial charge on any atom is -0.497 e. The van der Waals surface area contributed by atoms with E-state index in [4.69, 9.17) is 22.1 Å². The molecule has 1 aliphatic heterocycles. The normalized spacial score (nSPS) is 16.9. The van der Waals surface area contributed by atoms with Crippen LogP contribution in [-0.4, -0.2) is 45.5 Å². The zero-order valence-electron chi connectivity index (χ0n) is 16.0. The fraction of sp³-hybridized carbons (Fsp3) is 0.350. The zero-order valence-corrected chi connectivity index (χ0v) is 16.8. The first-order chi connectivity index (χ1) is 13.9. The number of ether oxygens (including phenoxy) is 1. The van der Waals surface area contributed by atoms with Crippen LogP contribution in [0.3, 0.4) is 0 Å². The Morgan fingerprint density at radius 3 is 3.00 bits per heavy atom. The molecular formula is C20H22ClN5O3. The molecule has 3 heterocycles. The molecule has 152 valence electrons. The van der Waals surface area contributed by atoms with Crippen molar-refractivity contribution in [2.45, 2.75) is 25.3 Å². The first-order valence-corrected chi connectivity index (χ1v) is 9.79. The molecule has 1 saturated heterocycles. The summed E-state index contributed by atoms with van der Waals surface area (Å²) in [5.41, 5.74) is 7.73. The number of aromatic nitrogens is 3. The van der Waals surface area contributed by atoms with E-state index in [2.05, 4.69) is 9.97 Å². The molecule has 1 aliphatic rings. The maximum atomic E-state index is 12.9. The molecule has 0 spiro atoms. The Hall–Kier alpha value is -3.00. The fourth-order valence-electron chi connectivity index (χ4n) is 3.92. The van der Waals surface area contributed by atoms with Gasteiger partial charge in [0.1, 0.15) is 11.6 Å². The van der Waals surface area contributed by atoms with Crippen molar-refractivity contribution >= 4 is 34.4 Å². The summed E-state index contributed by atoms with van der Waals surface area (Å²) < 4.78 is 6.92. The Balaban J connectivity index is 1.55. The minimum absolute atomic E-state index is 0.00640. The second-order valence-corrected chi connectivity index (χ2v) is 7.67. The van der Waals surface area contributed by atoms with E-state index in [1.54, 1.807) is 41.0 Å². The zero-order chi connectivity index (χ0) is 20.5. The van der Waals surface area contributed by atoms with Gasteiger partial charge >= 0.3 is 5.69 Å². The number of carbonyl (C=O) groups excluding carboxylic acids is 1. The van der Waals surface area contributed by atoms with Crippen molar-refractivity contribution in [2.75, 3.05) is 25.9 Å². The summed E-state index contributed by atoms with van der Waals surface area (Å²) in [6.45, 7) is 1.12. The first kappa shape index (κ1) is 19.3. The van der Waals surface area contributed by atoms with Crippen molar-refractivity contribution in [2.24, 2.45) is 0 Å². The number of hydrogen-bond acceptors (Lipinski definition) is 5. The van der Waals surface area contributed by atoms with Gasteiger partial charge in [0.15, 0.2) is 0 Å². The Labute approximate surface area is 172 Å². The van der Waals surface area contributed by atoms with Crippen molar-refractivity contribution in [3.05, 3.63) is 51.5 Å². The molecule has 0 aliphatic carbocycles.